The highest BCUT2D eigenvalue weighted by Crippen LogP contribution is 2.27. The molecular weight excluding hydrogens is 616 g/mol. The van der Waals surface area contributed by atoms with Crippen LogP contribution in [0.1, 0.15) is 13.3 Å². The average Bonchev–Trinajstić information content (AvgIpc) is 3.04. The fraction of sp³-hybridized carbons (Fsp3) is 1.00. The first-order valence-electron chi connectivity index (χ1n) is 16.2. The summed E-state index contributed by atoms with van der Waals surface area (Å²) in [6.45, 7) is 2.72. The smallest absolute Gasteiger partial charge is 0.109 e. The summed E-state index contributed by atoms with van der Waals surface area (Å²) in [7, 11) is 1.48. The van der Waals surface area contributed by atoms with Gasteiger partial charge in [-0.05, 0) is 6.42 Å². The summed E-state index contributed by atoms with van der Waals surface area (Å²) in [5, 5.41) is 83.6. The molecule has 4 saturated heterocycles. The molecule has 4 heterocycles. The molecule has 0 aliphatic carbocycles. The summed E-state index contributed by atoms with van der Waals surface area (Å²) >= 11 is 0. The van der Waals surface area contributed by atoms with E-state index in [-0.39, 0.29) is 72.0 Å². The van der Waals surface area contributed by atoms with Crippen molar-refractivity contribution in [2.24, 2.45) is 23.7 Å². The lowest BCUT2D eigenvalue weighted by atomic mass is 9.90. The van der Waals surface area contributed by atoms with Crippen LogP contribution in [0.5, 0.6) is 0 Å². The Labute approximate surface area is 269 Å². The maximum atomic E-state index is 10.7. The van der Waals surface area contributed by atoms with Crippen molar-refractivity contribution in [3.05, 3.63) is 0 Å². The summed E-state index contributed by atoms with van der Waals surface area (Å²) in [5.74, 6) is -1.72. The van der Waals surface area contributed by atoms with Gasteiger partial charge in [-0.2, -0.15) is 0 Å². The Kier molecular flexibility index (Phi) is 15.3. The van der Waals surface area contributed by atoms with E-state index in [1.54, 1.807) is 0 Å². The zero-order valence-corrected chi connectivity index (χ0v) is 26.6. The highest BCUT2D eigenvalue weighted by molar-refractivity contribution is 4.91. The van der Waals surface area contributed by atoms with Crippen molar-refractivity contribution in [2.75, 3.05) is 79.8 Å². The molecule has 4 fully saturated rings. The van der Waals surface area contributed by atoms with E-state index in [2.05, 4.69) is 0 Å². The van der Waals surface area contributed by atoms with Gasteiger partial charge in [0, 0.05) is 30.8 Å². The second-order valence-electron chi connectivity index (χ2n) is 12.9. The number of aliphatic hydroxyl groups is 8. The molecule has 0 saturated carbocycles. The maximum absolute atomic E-state index is 10.7. The van der Waals surface area contributed by atoms with Gasteiger partial charge in [0.05, 0.1) is 97.1 Å². The van der Waals surface area contributed by atoms with Gasteiger partial charge in [0.1, 0.15) is 48.8 Å². The van der Waals surface area contributed by atoms with E-state index < -0.39 is 91.0 Å². The van der Waals surface area contributed by atoms with E-state index >= 15 is 0 Å². The molecule has 4 aliphatic heterocycles. The van der Waals surface area contributed by atoms with Gasteiger partial charge in [0.2, 0.25) is 0 Å². The van der Waals surface area contributed by atoms with Crippen LogP contribution in [0.4, 0.5) is 0 Å². The van der Waals surface area contributed by atoms with Gasteiger partial charge in [-0.3, -0.25) is 0 Å². The van der Waals surface area contributed by atoms with E-state index in [9.17, 15) is 40.9 Å². The number of aliphatic hydroxyl groups excluding tert-OH is 8. The first kappa shape index (κ1) is 38.2. The number of rotatable bonds is 15. The van der Waals surface area contributed by atoms with Gasteiger partial charge in [-0.15, -0.1) is 0 Å². The molecule has 0 bridgehead atoms. The third-order valence-electron chi connectivity index (χ3n) is 9.65. The van der Waals surface area contributed by atoms with E-state index in [0.29, 0.717) is 13.0 Å². The van der Waals surface area contributed by atoms with E-state index in [0.717, 1.165) is 0 Å². The van der Waals surface area contributed by atoms with Gasteiger partial charge in [0.15, 0.2) is 0 Å². The van der Waals surface area contributed by atoms with Gasteiger partial charge < -0.3 is 78.7 Å². The fourth-order valence-electron chi connectivity index (χ4n) is 6.33. The van der Waals surface area contributed by atoms with Gasteiger partial charge >= 0.3 is 0 Å². The Morgan fingerprint density at radius 2 is 0.696 bits per heavy atom. The summed E-state index contributed by atoms with van der Waals surface area (Å²) in [5.41, 5.74) is 0. The molecule has 0 radical (unpaired) electrons. The van der Waals surface area contributed by atoms with Crippen LogP contribution in [0, 0.1) is 23.7 Å². The number of ether oxygens (including phenoxy) is 8. The fourth-order valence-corrected chi connectivity index (χ4v) is 6.33. The molecule has 16 atom stereocenters. The predicted octanol–water partition coefficient (Wildman–Crippen LogP) is -3.96. The zero-order chi connectivity index (χ0) is 33.4. The standard InChI is InChI=1S/C30H54O16/c1-3-15-7-43-20(28(36)23(15)31)12-40-5-17-9-45-22(30(38)25(17)33)14-42-6-18-10-46-21(29(37)26(18)34)13-41-4-16-8-44-19(11-39-2)27(35)24(16)32/h15-38H,3-14H2,1-2H3/t15-,16-,17-,18-,19+,20+,21+,22+,23-,24?,25?,26-,27?,28?,29?,30?/m1/s1. The monoisotopic (exact) mass is 670 g/mol. The first-order chi connectivity index (χ1) is 22.1. The SMILES string of the molecule is CC[C@@H]1CO[C@@H](COC[C@@H]2CO[C@@H](COC[C@@H]3CO[C@@H](COC[C@@H]4CO[C@@H](COC)C(O)C4O)C(O)[C@@H]3O)C(O)C2O)C(O)[C@@H]1O. The molecule has 16 nitrogen and oxygen atoms in total. The lowest BCUT2D eigenvalue weighted by Gasteiger charge is -2.40. The predicted molar refractivity (Wildman–Crippen MR) is 156 cm³/mol. The average molecular weight is 671 g/mol. The molecule has 46 heavy (non-hydrogen) atoms. The third-order valence-corrected chi connectivity index (χ3v) is 9.65. The van der Waals surface area contributed by atoms with Gasteiger partial charge in [0.25, 0.3) is 0 Å². The highest BCUT2D eigenvalue weighted by atomic mass is 16.6. The minimum Gasteiger partial charge on any atom is -0.390 e. The molecule has 16 heteroatoms. The van der Waals surface area contributed by atoms with Gasteiger partial charge in [-0.1, -0.05) is 6.92 Å². The van der Waals surface area contributed by atoms with Crippen LogP contribution in [0.15, 0.2) is 0 Å². The van der Waals surface area contributed by atoms with Crippen molar-refractivity contribution >= 4 is 0 Å². The van der Waals surface area contributed by atoms with E-state index in [4.69, 9.17) is 37.9 Å². The van der Waals surface area contributed by atoms with Crippen molar-refractivity contribution in [3.8, 4) is 0 Å². The molecule has 0 aromatic rings. The minimum atomic E-state index is -1.26. The molecule has 0 spiro atoms. The van der Waals surface area contributed by atoms with E-state index in [1.807, 2.05) is 6.92 Å². The van der Waals surface area contributed by atoms with Crippen LogP contribution in [-0.2, 0) is 37.9 Å². The number of methoxy groups -OCH3 is 1. The Bertz CT molecular complexity index is 871. The Balaban J connectivity index is 1.10. The molecular formula is C30H54O16. The van der Waals surface area contributed by atoms with Crippen molar-refractivity contribution < 1.29 is 78.7 Å². The topological polar surface area (TPSA) is 236 Å². The van der Waals surface area contributed by atoms with Crippen molar-refractivity contribution in [1.29, 1.82) is 0 Å². The maximum Gasteiger partial charge on any atom is 0.109 e. The van der Waals surface area contributed by atoms with Crippen LogP contribution in [-0.4, -0.2) is 194 Å². The summed E-state index contributed by atoms with van der Waals surface area (Å²) in [6, 6.07) is 0. The van der Waals surface area contributed by atoms with Crippen LogP contribution < -0.4 is 0 Å². The Morgan fingerprint density at radius 3 is 1.00 bits per heavy atom. The quantitative estimate of drug-likeness (QED) is 0.0830. The molecule has 0 aromatic heterocycles. The largest absolute Gasteiger partial charge is 0.390 e. The van der Waals surface area contributed by atoms with Crippen molar-refractivity contribution in [3.63, 3.8) is 0 Å². The normalized spacial score (nSPS) is 45.5. The third kappa shape index (κ3) is 9.53. The molecule has 270 valence electrons. The summed E-state index contributed by atoms with van der Waals surface area (Å²) in [4.78, 5) is 0. The lowest BCUT2D eigenvalue weighted by Crippen LogP contribution is -2.55. The van der Waals surface area contributed by atoms with Crippen LogP contribution in [0.2, 0.25) is 0 Å². The minimum absolute atomic E-state index is 0.00160. The van der Waals surface area contributed by atoms with Crippen LogP contribution >= 0.6 is 0 Å². The molecule has 0 amide bonds. The molecule has 6 unspecified atom stereocenters. The highest BCUT2D eigenvalue weighted by Gasteiger charge is 2.43. The second-order valence-corrected chi connectivity index (χ2v) is 12.9. The number of hydrogen-bond acceptors (Lipinski definition) is 16. The zero-order valence-electron chi connectivity index (χ0n) is 26.6. The first-order valence-corrected chi connectivity index (χ1v) is 16.2. The summed E-state index contributed by atoms with van der Waals surface area (Å²) < 4.78 is 44.5. The van der Waals surface area contributed by atoms with Crippen LogP contribution in [0.25, 0.3) is 0 Å². The second kappa shape index (κ2) is 18.4. The molecule has 4 rings (SSSR count). The molecule has 0 aromatic carbocycles. The van der Waals surface area contributed by atoms with Crippen molar-refractivity contribution in [1.82, 2.24) is 0 Å². The van der Waals surface area contributed by atoms with Crippen LogP contribution in [0.3, 0.4) is 0 Å². The summed E-state index contributed by atoms with van der Waals surface area (Å²) in [6.07, 6.45) is -11.3. The Morgan fingerprint density at radius 1 is 0.413 bits per heavy atom. The molecule has 4 aliphatic rings. The Hall–Kier alpha value is -0.640. The van der Waals surface area contributed by atoms with Gasteiger partial charge in [-0.25, -0.2) is 0 Å². The van der Waals surface area contributed by atoms with E-state index in [1.165, 1.54) is 7.11 Å². The molecule has 8 N–H and O–H groups in total. The lowest BCUT2D eigenvalue weighted by molar-refractivity contribution is -0.213. The van der Waals surface area contributed by atoms with Crippen molar-refractivity contribution in [2.45, 2.75) is 86.6 Å². The number of hydrogen-bond donors (Lipinski definition) is 8.